The molecule has 4 aromatic rings. The largest absolute Gasteiger partial charge is 0.484 e. The lowest BCUT2D eigenvalue weighted by Crippen LogP contribution is -2.26. The molecule has 0 spiro atoms. The molecule has 0 radical (unpaired) electrons. The summed E-state index contributed by atoms with van der Waals surface area (Å²) in [4.78, 5) is 26.9. The summed E-state index contributed by atoms with van der Waals surface area (Å²) < 4.78 is 5.63. The molecule has 0 saturated carbocycles. The van der Waals surface area contributed by atoms with Crippen LogP contribution in [0.1, 0.15) is 15.9 Å². The fourth-order valence-electron chi connectivity index (χ4n) is 3.60. The van der Waals surface area contributed by atoms with Crippen LogP contribution in [0, 0.1) is 0 Å². The van der Waals surface area contributed by atoms with Crippen LogP contribution < -0.4 is 10.1 Å². The Kier molecular flexibility index (Phi) is 7.35. The summed E-state index contributed by atoms with van der Waals surface area (Å²) in [6, 6.07) is 34.4. The summed E-state index contributed by atoms with van der Waals surface area (Å²) in [6.07, 6.45) is 0. The van der Waals surface area contributed by atoms with Gasteiger partial charge >= 0.3 is 0 Å². The quantitative estimate of drug-likeness (QED) is 0.378. The van der Waals surface area contributed by atoms with Crippen LogP contribution in [0.15, 0.2) is 109 Å². The number of nitrogens with one attached hydrogen (secondary N) is 1. The minimum absolute atomic E-state index is 0.116. The Balaban J connectivity index is 1.31. The molecule has 1 N–H and O–H groups in total. The highest BCUT2D eigenvalue weighted by atomic mass is 16.5. The van der Waals surface area contributed by atoms with Gasteiger partial charge in [0.2, 0.25) is 0 Å². The van der Waals surface area contributed by atoms with Gasteiger partial charge in [-0.05, 0) is 47.0 Å². The number of rotatable bonds is 8. The number of benzene rings is 4. The van der Waals surface area contributed by atoms with Gasteiger partial charge in [0.15, 0.2) is 6.61 Å². The number of carbonyl (C=O) groups is 2. The number of ether oxygens (including phenoxy) is 1. The van der Waals surface area contributed by atoms with E-state index >= 15 is 0 Å². The summed E-state index contributed by atoms with van der Waals surface area (Å²) in [7, 11) is 1.76. The normalized spacial score (nSPS) is 10.4. The van der Waals surface area contributed by atoms with E-state index in [0.29, 0.717) is 23.5 Å². The minimum Gasteiger partial charge on any atom is -0.484 e. The van der Waals surface area contributed by atoms with E-state index in [-0.39, 0.29) is 18.4 Å². The standard InChI is InChI=1S/C29H26N2O3/c1-31(20-22-9-4-2-5-10-22)29(33)25-13-8-14-26(19-25)30-28(32)21-34-27-17-15-24(16-18-27)23-11-6-3-7-12-23/h2-19H,20-21H2,1H3,(H,30,32). The Morgan fingerprint density at radius 3 is 2.12 bits per heavy atom. The van der Waals surface area contributed by atoms with Crippen LogP contribution in [-0.2, 0) is 11.3 Å². The van der Waals surface area contributed by atoms with E-state index in [9.17, 15) is 9.59 Å². The fourth-order valence-corrected chi connectivity index (χ4v) is 3.60. The first-order chi connectivity index (χ1) is 16.6. The van der Waals surface area contributed by atoms with E-state index in [1.807, 2.05) is 84.9 Å². The molecular formula is C29H26N2O3. The molecule has 0 bridgehead atoms. The van der Waals surface area contributed by atoms with Gasteiger partial charge < -0.3 is 15.0 Å². The molecule has 0 aliphatic heterocycles. The van der Waals surface area contributed by atoms with Gasteiger partial charge in [-0.1, -0.05) is 78.9 Å². The molecule has 0 fully saturated rings. The van der Waals surface area contributed by atoms with Crippen molar-refractivity contribution in [2.75, 3.05) is 19.0 Å². The maximum Gasteiger partial charge on any atom is 0.262 e. The van der Waals surface area contributed by atoms with Crippen LogP contribution >= 0.6 is 0 Å². The zero-order valence-electron chi connectivity index (χ0n) is 19.0. The SMILES string of the molecule is CN(Cc1ccccc1)C(=O)c1cccc(NC(=O)COc2ccc(-c3ccccc3)cc2)c1. The van der Waals surface area contributed by atoms with Crippen molar-refractivity contribution >= 4 is 17.5 Å². The molecule has 34 heavy (non-hydrogen) atoms. The lowest BCUT2D eigenvalue weighted by molar-refractivity contribution is -0.118. The maximum absolute atomic E-state index is 12.8. The monoisotopic (exact) mass is 450 g/mol. The Labute approximate surface area is 199 Å². The molecule has 4 rings (SSSR count). The summed E-state index contributed by atoms with van der Waals surface area (Å²) >= 11 is 0. The van der Waals surface area contributed by atoms with Crippen molar-refractivity contribution in [2.45, 2.75) is 6.54 Å². The number of hydrogen-bond donors (Lipinski definition) is 1. The molecular weight excluding hydrogens is 424 g/mol. The third-order valence-electron chi connectivity index (χ3n) is 5.33. The Bertz CT molecular complexity index is 1240. The van der Waals surface area contributed by atoms with E-state index in [1.165, 1.54) is 0 Å². The van der Waals surface area contributed by atoms with Crippen LogP contribution in [0.4, 0.5) is 5.69 Å². The van der Waals surface area contributed by atoms with Gasteiger partial charge in [0, 0.05) is 24.8 Å². The van der Waals surface area contributed by atoms with Crippen molar-refractivity contribution < 1.29 is 14.3 Å². The average molecular weight is 451 g/mol. The second-order valence-corrected chi connectivity index (χ2v) is 7.95. The van der Waals surface area contributed by atoms with Crippen LogP contribution in [0.25, 0.3) is 11.1 Å². The molecule has 0 aliphatic rings. The molecule has 0 unspecified atom stereocenters. The van der Waals surface area contributed by atoms with Crippen LogP contribution in [0.5, 0.6) is 5.75 Å². The Morgan fingerprint density at radius 2 is 1.41 bits per heavy atom. The zero-order valence-corrected chi connectivity index (χ0v) is 19.0. The van der Waals surface area contributed by atoms with Gasteiger partial charge in [0.1, 0.15) is 5.75 Å². The second kappa shape index (κ2) is 11.0. The highest BCUT2D eigenvalue weighted by Crippen LogP contribution is 2.22. The number of nitrogens with zero attached hydrogens (tertiary/aromatic N) is 1. The van der Waals surface area contributed by atoms with Gasteiger partial charge in [-0.25, -0.2) is 0 Å². The number of carbonyl (C=O) groups excluding carboxylic acids is 2. The fraction of sp³-hybridized carbons (Fsp3) is 0.103. The van der Waals surface area contributed by atoms with Crippen molar-refractivity contribution in [3.63, 3.8) is 0 Å². The predicted molar refractivity (Wildman–Crippen MR) is 135 cm³/mol. The maximum atomic E-state index is 12.8. The first-order valence-corrected chi connectivity index (χ1v) is 11.1. The summed E-state index contributed by atoms with van der Waals surface area (Å²) in [5.41, 5.74) is 4.31. The van der Waals surface area contributed by atoms with E-state index in [4.69, 9.17) is 4.74 Å². The van der Waals surface area contributed by atoms with E-state index < -0.39 is 0 Å². The van der Waals surface area contributed by atoms with Crippen molar-refractivity contribution in [3.8, 4) is 16.9 Å². The molecule has 0 saturated heterocycles. The summed E-state index contributed by atoms with van der Waals surface area (Å²) in [5.74, 6) is 0.199. The van der Waals surface area contributed by atoms with Crippen LogP contribution in [0.2, 0.25) is 0 Å². The van der Waals surface area contributed by atoms with E-state index in [1.54, 1.807) is 36.2 Å². The first-order valence-electron chi connectivity index (χ1n) is 11.1. The molecule has 0 aliphatic carbocycles. The average Bonchev–Trinajstić information content (AvgIpc) is 2.88. The lowest BCUT2D eigenvalue weighted by Gasteiger charge is -2.18. The molecule has 0 heterocycles. The van der Waals surface area contributed by atoms with Crippen molar-refractivity contribution in [2.24, 2.45) is 0 Å². The van der Waals surface area contributed by atoms with Crippen LogP contribution in [0.3, 0.4) is 0 Å². The van der Waals surface area contributed by atoms with Gasteiger partial charge in [-0.15, -0.1) is 0 Å². The number of anilines is 1. The van der Waals surface area contributed by atoms with Crippen LogP contribution in [-0.4, -0.2) is 30.4 Å². The van der Waals surface area contributed by atoms with E-state index in [0.717, 1.165) is 16.7 Å². The number of amides is 2. The van der Waals surface area contributed by atoms with Gasteiger partial charge in [-0.3, -0.25) is 9.59 Å². The van der Waals surface area contributed by atoms with Gasteiger partial charge in [-0.2, -0.15) is 0 Å². The van der Waals surface area contributed by atoms with Crippen molar-refractivity contribution in [1.82, 2.24) is 4.90 Å². The molecule has 5 heteroatoms. The number of hydrogen-bond acceptors (Lipinski definition) is 3. The molecule has 2 amide bonds. The van der Waals surface area contributed by atoms with Gasteiger partial charge in [0.25, 0.3) is 11.8 Å². The topological polar surface area (TPSA) is 58.6 Å². The molecule has 0 atom stereocenters. The van der Waals surface area contributed by atoms with Gasteiger partial charge in [0.05, 0.1) is 0 Å². The van der Waals surface area contributed by atoms with Crippen molar-refractivity contribution in [3.05, 3.63) is 120 Å². The summed E-state index contributed by atoms with van der Waals surface area (Å²) in [5, 5.41) is 2.80. The third kappa shape index (κ3) is 6.11. The molecule has 170 valence electrons. The first kappa shape index (κ1) is 22.8. The predicted octanol–water partition coefficient (Wildman–Crippen LogP) is 5.64. The Hall–Kier alpha value is -4.38. The molecule has 4 aromatic carbocycles. The second-order valence-electron chi connectivity index (χ2n) is 7.95. The van der Waals surface area contributed by atoms with E-state index in [2.05, 4.69) is 5.32 Å². The Morgan fingerprint density at radius 1 is 0.765 bits per heavy atom. The highest BCUT2D eigenvalue weighted by molar-refractivity contribution is 5.97. The lowest BCUT2D eigenvalue weighted by atomic mass is 10.1. The third-order valence-corrected chi connectivity index (χ3v) is 5.33. The molecule has 5 nitrogen and oxygen atoms in total. The highest BCUT2D eigenvalue weighted by Gasteiger charge is 2.13. The summed E-state index contributed by atoms with van der Waals surface area (Å²) in [6.45, 7) is 0.379. The van der Waals surface area contributed by atoms with Crippen molar-refractivity contribution in [1.29, 1.82) is 0 Å². The molecule has 0 aromatic heterocycles. The smallest absolute Gasteiger partial charge is 0.262 e. The zero-order chi connectivity index (χ0) is 23.8. The minimum atomic E-state index is -0.297.